The Labute approximate surface area is 206 Å². The van der Waals surface area contributed by atoms with Crippen molar-refractivity contribution in [2.75, 3.05) is 26.7 Å². The third kappa shape index (κ3) is 3.29. The SMILES string of the molecule is C=CC1CN2CCc3c([nH]c4cc(O)ccc34)C2CC1CC1c2[nH]c3ccccc3c2CCN1C. The molecule has 1 saturated heterocycles. The number of benzene rings is 2. The van der Waals surface area contributed by atoms with Crippen LogP contribution in [0.2, 0.25) is 0 Å². The monoisotopic (exact) mass is 466 g/mol. The van der Waals surface area contributed by atoms with E-state index in [9.17, 15) is 5.11 Å². The van der Waals surface area contributed by atoms with Crippen LogP contribution >= 0.6 is 0 Å². The number of aromatic nitrogens is 2. The van der Waals surface area contributed by atoms with Crippen LogP contribution in [0.15, 0.2) is 55.1 Å². The van der Waals surface area contributed by atoms with Gasteiger partial charge in [-0.25, -0.2) is 0 Å². The second kappa shape index (κ2) is 8.00. The molecule has 0 aliphatic carbocycles. The first-order valence-corrected chi connectivity index (χ1v) is 13.1. The summed E-state index contributed by atoms with van der Waals surface area (Å²) in [5.74, 6) is 1.41. The van der Waals surface area contributed by atoms with Crippen LogP contribution in [0.4, 0.5) is 0 Å². The van der Waals surface area contributed by atoms with Gasteiger partial charge in [-0.1, -0.05) is 24.3 Å². The number of fused-ring (bicyclic) bond motifs is 8. The van der Waals surface area contributed by atoms with Gasteiger partial charge in [-0.2, -0.15) is 0 Å². The number of hydrogen-bond acceptors (Lipinski definition) is 3. The summed E-state index contributed by atoms with van der Waals surface area (Å²) in [6.07, 6.45) is 6.68. The summed E-state index contributed by atoms with van der Waals surface area (Å²) >= 11 is 0. The van der Waals surface area contributed by atoms with E-state index in [1.165, 1.54) is 38.8 Å². The number of H-pyrrole nitrogens is 2. The molecule has 5 heteroatoms. The van der Waals surface area contributed by atoms with E-state index in [0.717, 1.165) is 50.8 Å². The van der Waals surface area contributed by atoms with E-state index >= 15 is 0 Å². The Kier molecular flexibility index (Phi) is 4.87. The van der Waals surface area contributed by atoms with Crippen LogP contribution in [0.5, 0.6) is 5.75 Å². The number of piperidine rings is 1. The average Bonchev–Trinajstić information content (AvgIpc) is 3.43. The molecule has 0 amide bonds. The lowest BCUT2D eigenvalue weighted by Gasteiger charge is -2.47. The fourth-order valence-corrected chi connectivity index (χ4v) is 7.34. The average molecular weight is 467 g/mol. The fourth-order valence-electron chi connectivity index (χ4n) is 7.34. The zero-order chi connectivity index (χ0) is 23.7. The maximum absolute atomic E-state index is 10.0. The van der Waals surface area contributed by atoms with Crippen LogP contribution in [0.1, 0.15) is 47.4 Å². The molecule has 5 heterocycles. The van der Waals surface area contributed by atoms with E-state index in [-0.39, 0.29) is 0 Å². The molecule has 1 fully saturated rings. The molecule has 0 saturated carbocycles. The Balaban J connectivity index is 1.23. The molecular weight excluding hydrogens is 432 g/mol. The van der Waals surface area contributed by atoms with Crippen LogP contribution < -0.4 is 0 Å². The van der Waals surface area contributed by atoms with Gasteiger partial charge < -0.3 is 15.1 Å². The fraction of sp³-hybridized carbons (Fsp3) is 0.400. The van der Waals surface area contributed by atoms with Crippen molar-refractivity contribution < 1.29 is 5.11 Å². The minimum absolute atomic E-state index is 0.329. The molecule has 4 aromatic rings. The summed E-state index contributed by atoms with van der Waals surface area (Å²) in [5.41, 5.74) is 8.10. The molecule has 0 spiro atoms. The molecule has 35 heavy (non-hydrogen) atoms. The molecule has 180 valence electrons. The topological polar surface area (TPSA) is 58.3 Å². The minimum atomic E-state index is 0.329. The summed E-state index contributed by atoms with van der Waals surface area (Å²) in [5, 5.41) is 12.7. The Bertz CT molecular complexity index is 1430. The number of para-hydroxylation sites is 1. The number of nitrogens with zero attached hydrogens (tertiary/aromatic N) is 2. The molecule has 3 N–H and O–H groups in total. The predicted octanol–water partition coefficient (Wildman–Crippen LogP) is 5.70. The standard InChI is InChI=1S/C30H34N4O/c1-3-18-17-34-13-11-24-22-9-8-20(35)16-26(22)32-30(24)28(34)15-19(18)14-27-29-23(10-12-33(27)2)21-6-4-5-7-25(21)31-29/h3-9,16,18-19,27-28,31-32,35H,1,10-15,17H2,2H3. The van der Waals surface area contributed by atoms with Crippen molar-refractivity contribution in [2.45, 2.75) is 37.8 Å². The lowest BCUT2D eigenvalue weighted by Crippen LogP contribution is -2.46. The van der Waals surface area contributed by atoms with Gasteiger partial charge in [-0.05, 0) is 73.9 Å². The van der Waals surface area contributed by atoms with Crippen molar-refractivity contribution in [1.82, 2.24) is 19.8 Å². The van der Waals surface area contributed by atoms with E-state index in [1.807, 2.05) is 12.1 Å². The lowest BCUT2D eigenvalue weighted by atomic mass is 9.74. The molecular formula is C30H34N4O. The first-order valence-electron chi connectivity index (χ1n) is 13.1. The Morgan fingerprint density at radius 1 is 1.00 bits per heavy atom. The van der Waals surface area contributed by atoms with Crippen molar-refractivity contribution in [1.29, 1.82) is 0 Å². The smallest absolute Gasteiger partial charge is 0.117 e. The van der Waals surface area contributed by atoms with Crippen molar-refractivity contribution in [2.24, 2.45) is 11.8 Å². The van der Waals surface area contributed by atoms with Crippen LogP contribution in [0.25, 0.3) is 21.8 Å². The predicted molar refractivity (Wildman–Crippen MR) is 142 cm³/mol. The van der Waals surface area contributed by atoms with Crippen LogP contribution in [0.3, 0.4) is 0 Å². The number of aromatic amines is 2. The summed E-state index contributed by atoms with van der Waals surface area (Å²) in [6, 6.07) is 15.4. The summed E-state index contributed by atoms with van der Waals surface area (Å²) in [6.45, 7) is 7.55. The van der Waals surface area contributed by atoms with Gasteiger partial charge in [0, 0.05) is 58.9 Å². The van der Waals surface area contributed by atoms with E-state index in [2.05, 4.69) is 69.8 Å². The van der Waals surface area contributed by atoms with Gasteiger partial charge in [-0.15, -0.1) is 6.58 Å². The Morgan fingerprint density at radius 2 is 1.77 bits per heavy atom. The molecule has 7 rings (SSSR count). The number of likely N-dealkylation sites (N-methyl/N-ethyl adjacent to an activating group) is 1. The highest BCUT2D eigenvalue weighted by Gasteiger charge is 2.41. The third-order valence-electron chi connectivity index (χ3n) is 9.18. The van der Waals surface area contributed by atoms with Crippen LogP contribution in [-0.4, -0.2) is 51.6 Å². The Hall–Kier alpha value is -3.02. The Morgan fingerprint density at radius 3 is 2.66 bits per heavy atom. The van der Waals surface area contributed by atoms with E-state index in [1.54, 1.807) is 0 Å². The van der Waals surface area contributed by atoms with E-state index in [4.69, 9.17) is 0 Å². The maximum Gasteiger partial charge on any atom is 0.117 e. The molecule has 2 aromatic heterocycles. The number of phenols is 1. The normalized spacial score (nSPS) is 27.0. The molecule has 4 unspecified atom stereocenters. The minimum Gasteiger partial charge on any atom is -0.508 e. The highest BCUT2D eigenvalue weighted by molar-refractivity contribution is 5.86. The van der Waals surface area contributed by atoms with Gasteiger partial charge in [0.15, 0.2) is 0 Å². The van der Waals surface area contributed by atoms with Crippen LogP contribution in [-0.2, 0) is 12.8 Å². The van der Waals surface area contributed by atoms with Crippen molar-refractivity contribution in [3.63, 3.8) is 0 Å². The van der Waals surface area contributed by atoms with Crippen molar-refractivity contribution >= 4 is 21.8 Å². The number of phenolic OH excluding ortho intramolecular Hbond substituents is 1. The third-order valence-corrected chi connectivity index (χ3v) is 9.18. The van der Waals surface area contributed by atoms with Gasteiger partial charge >= 0.3 is 0 Å². The number of nitrogens with one attached hydrogen (secondary N) is 2. The van der Waals surface area contributed by atoms with Gasteiger partial charge in [0.05, 0.1) is 12.1 Å². The molecule has 4 atom stereocenters. The molecule has 3 aliphatic rings. The second-order valence-electron chi connectivity index (χ2n) is 10.9. The van der Waals surface area contributed by atoms with Gasteiger partial charge in [-0.3, -0.25) is 9.80 Å². The molecule has 3 aliphatic heterocycles. The summed E-state index contributed by atoms with van der Waals surface area (Å²) in [7, 11) is 2.29. The van der Waals surface area contributed by atoms with Crippen molar-refractivity contribution in [3.8, 4) is 5.75 Å². The summed E-state index contributed by atoms with van der Waals surface area (Å²) < 4.78 is 0. The molecule has 5 nitrogen and oxygen atoms in total. The van der Waals surface area contributed by atoms with Crippen LogP contribution in [0, 0.1) is 11.8 Å². The highest BCUT2D eigenvalue weighted by atomic mass is 16.3. The first kappa shape index (κ1) is 21.3. The largest absolute Gasteiger partial charge is 0.508 e. The zero-order valence-corrected chi connectivity index (χ0v) is 20.4. The maximum atomic E-state index is 10.0. The lowest BCUT2D eigenvalue weighted by molar-refractivity contribution is 0.0515. The molecule has 2 aromatic carbocycles. The molecule has 0 radical (unpaired) electrons. The summed E-state index contributed by atoms with van der Waals surface area (Å²) in [4.78, 5) is 12.7. The highest BCUT2D eigenvalue weighted by Crippen LogP contribution is 2.47. The number of hydrogen-bond donors (Lipinski definition) is 3. The first-order chi connectivity index (χ1) is 17.1. The molecule has 0 bridgehead atoms. The van der Waals surface area contributed by atoms with Gasteiger partial charge in [0.2, 0.25) is 0 Å². The number of aromatic hydroxyl groups is 1. The van der Waals surface area contributed by atoms with Crippen molar-refractivity contribution in [3.05, 3.63) is 77.6 Å². The van der Waals surface area contributed by atoms with E-state index in [0.29, 0.717) is 29.7 Å². The quantitative estimate of drug-likeness (QED) is 0.340. The number of rotatable bonds is 3. The zero-order valence-electron chi connectivity index (χ0n) is 20.4. The van der Waals surface area contributed by atoms with E-state index < -0.39 is 0 Å². The van der Waals surface area contributed by atoms with Gasteiger partial charge in [0.25, 0.3) is 0 Å². The second-order valence-corrected chi connectivity index (χ2v) is 10.9. The van der Waals surface area contributed by atoms with Gasteiger partial charge in [0.1, 0.15) is 5.75 Å².